The van der Waals surface area contributed by atoms with E-state index < -0.39 is 7.12 Å². The molecular weight excluding hydrogens is 275 g/mol. The topological polar surface area (TPSA) is 53.6 Å². The van der Waals surface area contributed by atoms with Gasteiger partial charge < -0.3 is 14.5 Å². The summed E-state index contributed by atoms with van der Waals surface area (Å²) in [5.41, 5.74) is 4.29. The monoisotopic (exact) mass is 288 g/mol. The smallest absolute Gasteiger partial charge is 0.456 e. The van der Waals surface area contributed by atoms with Crippen molar-refractivity contribution in [2.45, 2.75) is 0 Å². The number of hydrogen-bond donors (Lipinski definition) is 2. The molecule has 0 fully saturated rings. The Bertz CT molecular complexity index is 955. The Kier molecular flexibility index (Phi) is 3.00. The molecule has 0 saturated heterocycles. The van der Waals surface area contributed by atoms with Gasteiger partial charge >= 0.3 is 7.12 Å². The molecule has 4 aromatic rings. The number of hydrogen-bond acceptors (Lipinski definition) is 3. The Morgan fingerprint density at radius 2 is 1.45 bits per heavy atom. The summed E-state index contributed by atoms with van der Waals surface area (Å²) in [5.74, 6) is 0. The maximum absolute atomic E-state index is 9.21. The van der Waals surface area contributed by atoms with Crippen LogP contribution in [-0.4, -0.2) is 17.2 Å². The van der Waals surface area contributed by atoms with Gasteiger partial charge in [-0.1, -0.05) is 54.6 Å². The van der Waals surface area contributed by atoms with Gasteiger partial charge in [0.15, 0.2) is 0 Å². The first-order valence-electron chi connectivity index (χ1n) is 7.11. The van der Waals surface area contributed by atoms with Crippen LogP contribution in [0.15, 0.2) is 71.1 Å². The minimum Gasteiger partial charge on any atom is -0.456 e. The molecule has 1 heterocycles. The highest BCUT2D eigenvalue weighted by atomic mass is 16.4. The fourth-order valence-electron chi connectivity index (χ4n) is 2.85. The third kappa shape index (κ3) is 2.01. The third-order valence-electron chi connectivity index (χ3n) is 3.92. The summed E-state index contributed by atoms with van der Waals surface area (Å²) in [6.45, 7) is 0. The van der Waals surface area contributed by atoms with Crippen molar-refractivity contribution in [2.24, 2.45) is 0 Å². The molecule has 4 heteroatoms. The molecule has 3 nitrogen and oxygen atoms in total. The SMILES string of the molecule is OB(O)c1ccc(-c2cccc3oc4ccccc4c23)cc1. The molecular formula is C18H13BO3. The van der Waals surface area contributed by atoms with Crippen LogP contribution in [0.2, 0.25) is 0 Å². The lowest BCUT2D eigenvalue weighted by Gasteiger charge is -2.05. The van der Waals surface area contributed by atoms with Crippen molar-refractivity contribution in [1.82, 2.24) is 0 Å². The highest BCUT2D eigenvalue weighted by molar-refractivity contribution is 6.58. The fourth-order valence-corrected chi connectivity index (χ4v) is 2.85. The van der Waals surface area contributed by atoms with Crippen LogP contribution in [0.4, 0.5) is 0 Å². The molecule has 0 atom stereocenters. The van der Waals surface area contributed by atoms with Gasteiger partial charge in [-0.2, -0.15) is 0 Å². The summed E-state index contributed by atoms with van der Waals surface area (Å²) in [6.07, 6.45) is 0. The summed E-state index contributed by atoms with van der Waals surface area (Å²) in [6, 6.07) is 21.2. The van der Waals surface area contributed by atoms with E-state index in [0.717, 1.165) is 33.1 Å². The minimum atomic E-state index is -1.44. The quantitative estimate of drug-likeness (QED) is 0.558. The van der Waals surface area contributed by atoms with E-state index in [9.17, 15) is 10.0 Å². The lowest BCUT2D eigenvalue weighted by Crippen LogP contribution is -2.29. The highest BCUT2D eigenvalue weighted by Gasteiger charge is 2.13. The number of rotatable bonds is 2. The highest BCUT2D eigenvalue weighted by Crippen LogP contribution is 2.36. The van der Waals surface area contributed by atoms with Crippen LogP contribution in [0.25, 0.3) is 33.1 Å². The summed E-state index contributed by atoms with van der Waals surface area (Å²) in [5, 5.41) is 20.6. The van der Waals surface area contributed by atoms with Gasteiger partial charge in [0, 0.05) is 10.8 Å². The van der Waals surface area contributed by atoms with Gasteiger partial charge in [-0.05, 0) is 28.7 Å². The second-order valence-corrected chi connectivity index (χ2v) is 5.27. The van der Waals surface area contributed by atoms with Crippen LogP contribution >= 0.6 is 0 Å². The molecule has 1 aromatic heterocycles. The summed E-state index contributed by atoms with van der Waals surface area (Å²) < 4.78 is 5.90. The number of benzene rings is 3. The molecule has 4 rings (SSSR count). The molecule has 0 aliphatic rings. The van der Waals surface area contributed by atoms with E-state index in [4.69, 9.17) is 4.42 Å². The van der Waals surface area contributed by atoms with E-state index >= 15 is 0 Å². The maximum Gasteiger partial charge on any atom is 0.488 e. The predicted molar refractivity (Wildman–Crippen MR) is 89.0 cm³/mol. The first-order valence-corrected chi connectivity index (χ1v) is 7.11. The van der Waals surface area contributed by atoms with Gasteiger partial charge in [0.25, 0.3) is 0 Å². The lowest BCUT2D eigenvalue weighted by molar-refractivity contribution is 0.426. The molecule has 3 aromatic carbocycles. The van der Waals surface area contributed by atoms with Crippen LogP contribution in [0.1, 0.15) is 0 Å². The van der Waals surface area contributed by atoms with E-state index in [2.05, 4.69) is 12.1 Å². The maximum atomic E-state index is 9.21. The van der Waals surface area contributed by atoms with Crippen LogP contribution < -0.4 is 5.46 Å². The molecule has 0 spiro atoms. The van der Waals surface area contributed by atoms with Crippen molar-refractivity contribution in [3.8, 4) is 11.1 Å². The van der Waals surface area contributed by atoms with Gasteiger partial charge in [-0.25, -0.2) is 0 Å². The largest absolute Gasteiger partial charge is 0.488 e. The molecule has 22 heavy (non-hydrogen) atoms. The standard InChI is InChI=1S/C18H13BO3/c20-19(21)13-10-8-12(9-11-13)14-5-3-7-17-18(14)15-4-1-2-6-16(15)22-17/h1-11,20-21H. The minimum absolute atomic E-state index is 0.480. The van der Waals surface area contributed by atoms with E-state index in [1.54, 1.807) is 12.1 Å². The van der Waals surface area contributed by atoms with Gasteiger partial charge in [-0.3, -0.25) is 0 Å². The average molecular weight is 288 g/mol. The van der Waals surface area contributed by atoms with E-state index in [1.807, 2.05) is 42.5 Å². The van der Waals surface area contributed by atoms with Gasteiger partial charge in [-0.15, -0.1) is 0 Å². The summed E-state index contributed by atoms with van der Waals surface area (Å²) in [7, 11) is -1.44. The summed E-state index contributed by atoms with van der Waals surface area (Å²) >= 11 is 0. The van der Waals surface area contributed by atoms with Gasteiger partial charge in [0.05, 0.1) is 0 Å². The third-order valence-corrected chi connectivity index (χ3v) is 3.92. The Labute approximate surface area is 127 Å². The average Bonchev–Trinajstić information content (AvgIpc) is 2.93. The second kappa shape index (κ2) is 5.02. The molecule has 0 aliphatic heterocycles. The predicted octanol–water partition coefficient (Wildman–Crippen LogP) is 2.93. The van der Waals surface area contributed by atoms with Gasteiger partial charge in [0.2, 0.25) is 0 Å². The zero-order valence-electron chi connectivity index (χ0n) is 11.7. The second-order valence-electron chi connectivity index (χ2n) is 5.27. The number of fused-ring (bicyclic) bond motifs is 3. The normalized spacial score (nSPS) is 11.2. The zero-order valence-corrected chi connectivity index (χ0v) is 11.7. The molecule has 106 valence electrons. The first kappa shape index (κ1) is 13.1. The lowest BCUT2D eigenvalue weighted by atomic mass is 9.79. The van der Waals surface area contributed by atoms with Crippen LogP contribution in [0.3, 0.4) is 0 Å². The zero-order chi connectivity index (χ0) is 15.1. The molecule has 2 N–H and O–H groups in total. The van der Waals surface area contributed by atoms with E-state index in [-0.39, 0.29) is 0 Å². The Morgan fingerprint density at radius 1 is 0.727 bits per heavy atom. The molecule has 0 amide bonds. The Hall–Kier alpha value is -2.56. The van der Waals surface area contributed by atoms with Crippen molar-refractivity contribution < 1.29 is 14.5 Å². The van der Waals surface area contributed by atoms with Gasteiger partial charge in [0.1, 0.15) is 11.2 Å². The molecule has 0 unspecified atom stereocenters. The van der Waals surface area contributed by atoms with Crippen molar-refractivity contribution in [2.75, 3.05) is 0 Å². The van der Waals surface area contributed by atoms with Crippen LogP contribution in [0.5, 0.6) is 0 Å². The van der Waals surface area contributed by atoms with Crippen molar-refractivity contribution in [3.63, 3.8) is 0 Å². The van der Waals surface area contributed by atoms with Crippen molar-refractivity contribution in [1.29, 1.82) is 0 Å². The van der Waals surface area contributed by atoms with Crippen LogP contribution in [0, 0.1) is 0 Å². The van der Waals surface area contributed by atoms with Crippen LogP contribution in [-0.2, 0) is 0 Å². The Morgan fingerprint density at radius 3 is 2.23 bits per heavy atom. The van der Waals surface area contributed by atoms with Crippen molar-refractivity contribution in [3.05, 3.63) is 66.7 Å². The van der Waals surface area contributed by atoms with E-state index in [1.165, 1.54) is 0 Å². The Balaban J connectivity index is 1.98. The molecule has 0 aliphatic carbocycles. The fraction of sp³-hybridized carbons (Fsp3) is 0. The summed E-state index contributed by atoms with van der Waals surface area (Å²) in [4.78, 5) is 0. The first-order chi connectivity index (χ1) is 10.7. The number of para-hydroxylation sites is 1. The van der Waals surface area contributed by atoms with E-state index in [0.29, 0.717) is 5.46 Å². The number of furan rings is 1. The molecule has 0 radical (unpaired) electrons. The van der Waals surface area contributed by atoms with Crippen molar-refractivity contribution >= 4 is 34.5 Å². The molecule has 0 bridgehead atoms. The molecule has 0 saturated carbocycles.